The maximum atomic E-state index is 11.0. The second-order valence-corrected chi connectivity index (χ2v) is 8.02. The van der Waals surface area contributed by atoms with E-state index in [1.54, 1.807) is 0 Å². The Bertz CT molecular complexity index is 205. The van der Waals surface area contributed by atoms with Crippen LogP contribution in [0.1, 0.15) is 0 Å². The largest absolute Gasteiger partial charge is 0.346 e. The number of hydrogen-bond donors (Lipinski definition) is 0. The normalized spacial score (nSPS) is 20.2. The molecule has 0 amide bonds. The summed E-state index contributed by atoms with van der Waals surface area (Å²) in [7, 11) is 0. The van der Waals surface area contributed by atoms with Gasteiger partial charge < -0.3 is 0 Å². The van der Waals surface area contributed by atoms with E-state index in [9.17, 15) is 4.57 Å². The van der Waals surface area contributed by atoms with Crippen LogP contribution >= 0.6 is 52.5 Å². The van der Waals surface area contributed by atoms with Crippen LogP contribution in [0.5, 0.6) is 0 Å². The Morgan fingerprint density at radius 1 is 1.70 bits per heavy atom. The van der Waals surface area contributed by atoms with Gasteiger partial charge in [0.1, 0.15) is 4.32 Å². The van der Waals surface area contributed by atoms with Crippen LogP contribution in [0.2, 0.25) is 0 Å². The molecule has 10 heavy (non-hydrogen) atoms. The first-order chi connectivity index (χ1) is 4.52. The molecule has 0 aromatic rings. The third kappa shape index (κ3) is 2.02. The topological polar surface area (TPSA) is 20.3 Å². The summed E-state index contributed by atoms with van der Waals surface area (Å²) in [5.74, 6) is -2.33. The first-order valence-electron chi connectivity index (χ1n) is 2.46. The molecule has 7 heteroatoms. The van der Waals surface area contributed by atoms with Crippen LogP contribution in [0.3, 0.4) is 0 Å². The highest BCUT2D eigenvalue weighted by Crippen LogP contribution is 2.61. The van der Waals surface area contributed by atoms with E-state index in [2.05, 4.69) is 0 Å². The summed E-state index contributed by atoms with van der Waals surface area (Å²) >= 11 is 17.0. The highest BCUT2D eigenvalue weighted by atomic mass is 35.9. The number of thiocarbonyl (C=S) groups is 1. The van der Waals surface area contributed by atoms with Gasteiger partial charge in [-0.2, -0.15) is 0 Å². The zero-order valence-corrected chi connectivity index (χ0v) is 8.83. The molecular formula is C3H4Cl2NOPS2. The zero-order chi connectivity index (χ0) is 7.78. The molecule has 1 rings (SSSR count). The molecule has 0 N–H and O–H groups in total. The fraction of sp³-hybridized carbons (Fsp3) is 0.667. The SMILES string of the molecule is O=P(Cl)(Cl)N1CCSC1=S. The van der Waals surface area contributed by atoms with Crippen molar-refractivity contribution < 1.29 is 4.57 Å². The van der Waals surface area contributed by atoms with Crippen molar-refractivity contribution in [3.05, 3.63) is 0 Å². The van der Waals surface area contributed by atoms with Crippen molar-refractivity contribution in [2.75, 3.05) is 12.3 Å². The molecule has 1 aliphatic rings. The van der Waals surface area contributed by atoms with Crippen molar-refractivity contribution in [2.45, 2.75) is 0 Å². The van der Waals surface area contributed by atoms with Crippen molar-refractivity contribution in [1.82, 2.24) is 4.67 Å². The van der Waals surface area contributed by atoms with Gasteiger partial charge in [0, 0.05) is 12.3 Å². The van der Waals surface area contributed by atoms with Crippen LogP contribution in [0.4, 0.5) is 0 Å². The molecule has 1 fully saturated rings. The lowest BCUT2D eigenvalue weighted by atomic mass is 10.8. The molecule has 0 spiro atoms. The van der Waals surface area contributed by atoms with Gasteiger partial charge in [-0.05, 0) is 22.5 Å². The molecule has 0 bridgehead atoms. The predicted molar refractivity (Wildman–Crippen MR) is 51.1 cm³/mol. The van der Waals surface area contributed by atoms with Gasteiger partial charge in [-0.15, -0.1) is 0 Å². The van der Waals surface area contributed by atoms with Crippen molar-refractivity contribution in [2.24, 2.45) is 0 Å². The van der Waals surface area contributed by atoms with E-state index < -0.39 is 6.00 Å². The Balaban J connectivity index is 2.74. The lowest BCUT2D eigenvalue weighted by molar-refractivity contribution is 0.559. The number of nitrogens with zero attached hydrogens (tertiary/aromatic N) is 1. The third-order valence-corrected chi connectivity index (χ3v) is 4.78. The third-order valence-electron chi connectivity index (χ3n) is 1.02. The van der Waals surface area contributed by atoms with Gasteiger partial charge in [0.25, 0.3) is 0 Å². The highest BCUT2D eigenvalue weighted by Gasteiger charge is 2.31. The Morgan fingerprint density at radius 3 is 2.50 bits per heavy atom. The number of rotatable bonds is 1. The first kappa shape index (κ1) is 9.14. The molecule has 58 valence electrons. The number of halogens is 2. The van der Waals surface area contributed by atoms with E-state index in [1.807, 2.05) is 0 Å². The van der Waals surface area contributed by atoms with Crippen LogP contribution in [-0.4, -0.2) is 21.3 Å². The molecule has 0 aromatic carbocycles. The monoisotopic (exact) mass is 235 g/mol. The standard InChI is InChI=1S/C3H4Cl2NOPS2/c4-8(5,7)6-1-2-10-3(6)9/h1-2H2. The second kappa shape index (κ2) is 3.20. The van der Waals surface area contributed by atoms with E-state index in [1.165, 1.54) is 16.4 Å². The minimum atomic E-state index is -3.15. The fourth-order valence-corrected chi connectivity index (χ4v) is 4.59. The highest BCUT2D eigenvalue weighted by molar-refractivity contribution is 8.24. The second-order valence-electron chi connectivity index (χ2n) is 1.67. The molecule has 0 radical (unpaired) electrons. The molecule has 0 aromatic heterocycles. The molecule has 2 nitrogen and oxygen atoms in total. The molecule has 1 saturated heterocycles. The van der Waals surface area contributed by atoms with Gasteiger partial charge in [0.2, 0.25) is 0 Å². The Kier molecular flexibility index (Phi) is 2.92. The van der Waals surface area contributed by atoms with E-state index in [0.29, 0.717) is 10.9 Å². The van der Waals surface area contributed by atoms with E-state index >= 15 is 0 Å². The van der Waals surface area contributed by atoms with Crippen LogP contribution in [0.15, 0.2) is 0 Å². The van der Waals surface area contributed by atoms with Gasteiger partial charge >= 0.3 is 6.00 Å². The molecule has 1 aliphatic heterocycles. The average Bonchev–Trinajstić information content (AvgIpc) is 2.11. The Hall–Kier alpha value is 1.05. The minimum Gasteiger partial charge on any atom is -0.283 e. The quantitative estimate of drug-likeness (QED) is 0.515. The Labute approximate surface area is 78.2 Å². The van der Waals surface area contributed by atoms with E-state index in [-0.39, 0.29) is 0 Å². The fourth-order valence-electron chi connectivity index (χ4n) is 0.597. The van der Waals surface area contributed by atoms with E-state index in [4.69, 9.17) is 34.7 Å². The lowest BCUT2D eigenvalue weighted by Gasteiger charge is -2.16. The minimum absolute atomic E-state index is 0.535. The molecular weight excluding hydrogens is 232 g/mol. The summed E-state index contributed by atoms with van der Waals surface area (Å²) in [4.78, 5) is 0. The van der Waals surface area contributed by atoms with Crippen LogP contribution in [-0.2, 0) is 4.57 Å². The van der Waals surface area contributed by atoms with Crippen molar-refractivity contribution in [3.63, 3.8) is 0 Å². The molecule has 0 saturated carbocycles. The summed E-state index contributed by atoms with van der Waals surface area (Å²) in [5, 5.41) is 0. The lowest BCUT2D eigenvalue weighted by Crippen LogP contribution is -2.14. The van der Waals surface area contributed by atoms with Crippen molar-refractivity contribution >= 4 is 56.8 Å². The van der Waals surface area contributed by atoms with E-state index in [0.717, 1.165) is 5.75 Å². The molecule has 0 aliphatic carbocycles. The number of hydrogen-bond acceptors (Lipinski definition) is 3. The van der Waals surface area contributed by atoms with Gasteiger partial charge in [-0.3, -0.25) is 9.24 Å². The zero-order valence-electron chi connectivity index (χ0n) is 4.79. The average molecular weight is 236 g/mol. The molecule has 1 heterocycles. The van der Waals surface area contributed by atoms with Gasteiger partial charge in [-0.25, -0.2) is 0 Å². The Morgan fingerprint density at radius 2 is 2.30 bits per heavy atom. The van der Waals surface area contributed by atoms with Gasteiger partial charge in [0.05, 0.1) is 0 Å². The maximum absolute atomic E-state index is 11.0. The summed E-state index contributed by atoms with van der Waals surface area (Å²) < 4.78 is 12.9. The van der Waals surface area contributed by atoms with Crippen LogP contribution < -0.4 is 0 Å². The summed E-state index contributed by atoms with van der Waals surface area (Å²) in [6.45, 7) is 0.591. The van der Waals surface area contributed by atoms with Crippen molar-refractivity contribution in [1.29, 1.82) is 0 Å². The first-order valence-corrected chi connectivity index (χ1v) is 7.32. The smallest absolute Gasteiger partial charge is 0.283 e. The van der Waals surface area contributed by atoms with Gasteiger partial charge in [0.15, 0.2) is 0 Å². The van der Waals surface area contributed by atoms with Crippen LogP contribution in [0.25, 0.3) is 0 Å². The summed E-state index contributed by atoms with van der Waals surface area (Å²) in [6, 6.07) is 0. The van der Waals surface area contributed by atoms with Crippen LogP contribution in [0, 0.1) is 0 Å². The van der Waals surface area contributed by atoms with Crippen molar-refractivity contribution in [3.8, 4) is 0 Å². The molecule has 0 atom stereocenters. The van der Waals surface area contributed by atoms with Gasteiger partial charge in [-0.1, -0.05) is 24.0 Å². The summed E-state index contributed by atoms with van der Waals surface area (Å²) in [5.41, 5.74) is 0. The number of thioether (sulfide) groups is 1. The maximum Gasteiger partial charge on any atom is 0.346 e. The summed E-state index contributed by atoms with van der Waals surface area (Å²) in [6.07, 6.45) is 0. The molecule has 0 unspecified atom stereocenters. The predicted octanol–water partition coefficient (Wildman–Crippen LogP) is 2.91.